The van der Waals surface area contributed by atoms with Crippen LogP contribution in [0, 0.1) is 5.82 Å². The van der Waals surface area contributed by atoms with Gasteiger partial charge >= 0.3 is 0 Å². The van der Waals surface area contributed by atoms with Gasteiger partial charge in [-0.25, -0.2) is 9.07 Å². The third-order valence-electron chi connectivity index (χ3n) is 7.68. The highest BCUT2D eigenvalue weighted by Crippen LogP contribution is 2.40. The van der Waals surface area contributed by atoms with E-state index >= 15 is 0 Å². The third kappa shape index (κ3) is 7.09. The molecule has 0 spiro atoms. The summed E-state index contributed by atoms with van der Waals surface area (Å²) in [4.78, 5) is 30.6. The van der Waals surface area contributed by atoms with Gasteiger partial charge in [0.2, 0.25) is 5.91 Å². The molecule has 2 aliphatic rings. The van der Waals surface area contributed by atoms with E-state index < -0.39 is 6.04 Å². The number of β-amino-alcohol motifs (C(OH)–C–C–N with tert-alkyl or cyclic N) is 1. The molecule has 1 saturated heterocycles. The van der Waals surface area contributed by atoms with Crippen LogP contribution in [-0.4, -0.2) is 99.7 Å². The highest BCUT2D eigenvalue weighted by Gasteiger charge is 2.37. The molecule has 1 aliphatic heterocycles. The molecule has 10 nitrogen and oxygen atoms in total. The van der Waals surface area contributed by atoms with Crippen LogP contribution in [0.15, 0.2) is 60.9 Å². The summed E-state index contributed by atoms with van der Waals surface area (Å²) in [6.07, 6.45) is 5.55. The van der Waals surface area contributed by atoms with Crippen LogP contribution in [0.3, 0.4) is 0 Å². The van der Waals surface area contributed by atoms with Gasteiger partial charge in [0.15, 0.2) is 0 Å². The molecule has 11 heteroatoms. The molecule has 1 saturated carbocycles. The number of carbonyl (C=O) groups is 2. The molecule has 2 fully saturated rings. The van der Waals surface area contributed by atoms with Gasteiger partial charge in [0.1, 0.15) is 11.9 Å². The first-order chi connectivity index (χ1) is 19.5. The predicted octanol–water partition coefficient (Wildman–Crippen LogP) is 1.57. The maximum absolute atomic E-state index is 13.5. The minimum atomic E-state index is -0.638. The number of aromatic nitrogens is 3. The van der Waals surface area contributed by atoms with Crippen LogP contribution < -0.4 is 10.6 Å². The lowest BCUT2D eigenvalue weighted by molar-refractivity contribution is -0.135. The first-order valence-electron chi connectivity index (χ1n) is 13.9. The monoisotopic (exact) mass is 549 g/mol. The maximum atomic E-state index is 13.5. The second-order valence-corrected chi connectivity index (χ2v) is 10.4. The molecular weight excluding hydrogens is 513 g/mol. The Bertz CT molecular complexity index is 1250. The summed E-state index contributed by atoms with van der Waals surface area (Å²) >= 11 is 0. The average molecular weight is 550 g/mol. The molecule has 212 valence electrons. The van der Waals surface area contributed by atoms with Gasteiger partial charge in [-0.3, -0.25) is 14.5 Å². The number of rotatable bonds is 12. The first-order valence-corrected chi connectivity index (χ1v) is 13.9. The Morgan fingerprint density at radius 3 is 2.48 bits per heavy atom. The fraction of sp³-hybridized carbons (Fsp3) is 0.448. The van der Waals surface area contributed by atoms with Crippen molar-refractivity contribution in [3.05, 3.63) is 77.9 Å². The number of aliphatic hydroxyl groups excluding tert-OH is 1. The van der Waals surface area contributed by atoms with E-state index in [1.54, 1.807) is 41.3 Å². The van der Waals surface area contributed by atoms with Gasteiger partial charge in [0, 0.05) is 50.2 Å². The molecule has 1 aromatic heterocycles. The van der Waals surface area contributed by atoms with Crippen molar-refractivity contribution in [3.63, 3.8) is 0 Å². The topological polar surface area (TPSA) is 116 Å². The van der Waals surface area contributed by atoms with Crippen molar-refractivity contribution < 1.29 is 19.1 Å². The molecule has 1 aliphatic carbocycles. The summed E-state index contributed by atoms with van der Waals surface area (Å²) in [6, 6.07) is 13.4. The van der Waals surface area contributed by atoms with Gasteiger partial charge in [-0.1, -0.05) is 17.3 Å². The van der Waals surface area contributed by atoms with Crippen molar-refractivity contribution in [2.75, 3.05) is 45.9 Å². The normalized spacial score (nSPS) is 19.8. The smallest absolute Gasteiger partial charge is 0.251 e. The molecular formula is C29H36FN7O3. The van der Waals surface area contributed by atoms with Crippen LogP contribution >= 0.6 is 0 Å². The molecule has 5 rings (SSSR count). The molecule has 3 atom stereocenters. The highest BCUT2D eigenvalue weighted by atomic mass is 19.1. The van der Waals surface area contributed by atoms with Gasteiger partial charge in [-0.05, 0) is 67.8 Å². The second kappa shape index (κ2) is 13.1. The zero-order valence-electron chi connectivity index (χ0n) is 22.5. The van der Waals surface area contributed by atoms with Crippen LogP contribution in [-0.2, 0) is 4.79 Å². The predicted molar refractivity (Wildman–Crippen MR) is 148 cm³/mol. The highest BCUT2D eigenvalue weighted by molar-refractivity contribution is 5.97. The van der Waals surface area contributed by atoms with Crippen LogP contribution in [0.5, 0.6) is 0 Å². The zero-order valence-corrected chi connectivity index (χ0v) is 22.5. The van der Waals surface area contributed by atoms with Crippen molar-refractivity contribution in [1.82, 2.24) is 35.4 Å². The average Bonchev–Trinajstić information content (AvgIpc) is 3.53. The van der Waals surface area contributed by atoms with Crippen molar-refractivity contribution in [2.45, 2.75) is 37.3 Å². The standard InChI is InChI=1S/C29H36FN7O3/c30-23-7-3-21(4-8-23)25-20-27(25)31-11-1-2-26(29(40)36-16-14-35(15-17-36)18-19-38)33-28(39)22-5-9-24(10-6-22)37-13-12-32-34-37/h3-10,12-13,25-27,31,38H,1-2,11,14-20H2,(H,33,39)/t25-,26-,27+/m0/s1. The summed E-state index contributed by atoms with van der Waals surface area (Å²) in [6.45, 7) is 3.94. The van der Waals surface area contributed by atoms with Gasteiger partial charge < -0.3 is 20.6 Å². The SMILES string of the molecule is O=C(N[C@@H](CCCN[C@@H]1C[C@H]1c1ccc(F)cc1)C(=O)N1CCN(CCO)CC1)c1ccc(-n2ccnn2)cc1. The van der Waals surface area contributed by atoms with E-state index in [2.05, 4.69) is 25.8 Å². The molecule has 3 N–H and O–H groups in total. The fourth-order valence-corrected chi connectivity index (χ4v) is 5.26. The Balaban J connectivity index is 1.16. The number of hydrogen-bond acceptors (Lipinski definition) is 7. The Labute approximate surface area is 233 Å². The van der Waals surface area contributed by atoms with Crippen LogP contribution in [0.2, 0.25) is 0 Å². The van der Waals surface area contributed by atoms with Crippen LogP contribution in [0.25, 0.3) is 5.69 Å². The Hall–Kier alpha value is -3.67. The van der Waals surface area contributed by atoms with Crippen LogP contribution in [0.4, 0.5) is 4.39 Å². The zero-order chi connectivity index (χ0) is 27.9. The summed E-state index contributed by atoms with van der Waals surface area (Å²) in [5.74, 6) is -0.221. The van der Waals surface area contributed by atoms with E-state index in [1.165, 1.54) is 12.1 Å². The molecule has 40 heavy (non-hydrogen) atoms. The van der Waals surface area contributed by atoms with E-state index in [9.17, 15) is 19.1 Å². The molecule has 2 heterocycles. The number of aliphatic hydroxyl groups is 1. The Morgan fingerprint density at radius 1 is 1.05 bits per heavy atom. The largest absolute Gasteiger partial charge is 0.395 e. The van der Waals surface area contributed by atoms with Crippen LogP contribution in [0.1, 0.15) is 41.1 Å². The van der Waals surface area contributed by atoms with E-state index in [0.29, 0.717) is 56.7 Å². The Morgan fingerprint density at radius 2 is 1.80 bits per heavy atom. The first kappa shape index (κ1) is 27.9. The minimum absolute atomic E-state index is 0.0770. The lowest BCUT2D eigenvalue weighted by Crippen LogP contribution is -2.55. The van der Waals surface area contributed by atoms with E-state index in [-0.39, 0.29) is 24.2 Å². The number of benzene rings is 2. The number of amides is 2. The summed E-state index contributed by atoms with van der Waals surface area (Å²) in [5, 5.41) is 23.5. The number of hydrogen-bond donors (Lipinski definition) is 3. The van der Waals surface area contributed by atoms with E-state index in [4.69, 9.17) is 0 Å². The molecule has 3 aromatic rings. The second-order valence-electron chi connectivity index (χ2n) is 10.4. The van der Waals surface area contributed by atoms with Crippen molar-refractivity contribution in [3.8, 4) is 5.69 Å². The lowest BCUT2D eigenvalue weighted by Gasteiger charge is -2.36. The fourth-order valence-electron chi connectivity index (χ4n) is 5.26. The molecule has 0 unspecified atom stereocenters. The summed E-state index contributed by atoms with van der Waals surface area (Å²) < 4.78 is 14.8. The molecule has 2 amide bonds. The number of nitrogens with one attached hydrogen (secondary N) is 2. The van der Waals surface area contributed by atoms with Gasteiger partial charge in [0.05, 0.1) is 24.7 Å². The number of halogens is 1. The van der Waals surface area contributed by atoms with Crippen molar-refractivity contribution >= 4 is 11.8 Å². The van der Waals surface area contributed by atoms with Crippen molar-refractivity contribution in [1.29, 1.82) is 0 Å². The lowest BCUT2D eigenvalue weighted by atomic mass is 10.1. The van der Waals surface area contributed by atoms with E-state index in [0.717, 1.165) is 30.6 Å². The maximum Gasteiger partial charge on any atom is 0.251 e. The number of carbonyl (C=O) groups excluding carboxylic acids is 2. The van der Waals surface area contributed by atoms with Gasteiger partial charge in [0.25, 0.3) is 5.91 Å². The summed E-state index contributed by atoms with van der Waals surface area (Å²) in [7, 11) is 0. The Kier molecular flexibility index (Phi) is 9.15. The molecule has 2 aromatic carbocycles. The quantitative estimate of drug-likeness (QED) is 0.294. The minimum Gasteiger partial charge on any atom is -0.395 e. The van der Waals surface area contributed by atoms with Crippen molar-refractivity contribution in [2.24, 2.45) is 0 Å². The van der Waals surface area contributed by atoms with E-state index in [1.807, 2.05) is 17.0 Å². The number of nitrogens with zero attached hydrogens (tertiary/aromatic N) is 5. The number of piperazine rings is 1. The molecule has 0 bridgehead atoms. The van der Waals surface area contributed by atoms with Gasteiger partial charge in [-0.15, -0.1) is 5.10 Å². The van der Waals surface area contributed by atoms with Gasteiger partial charge in [-0.2, -0.15) is 0 Å². The molecule has 0 radical (unpaired) electrons. The third-order valence-corrected chi connectivity index (χ3v) is 7.68. The summed E-state index contributed by atoms with van der Waals surface area (Å²) in [5.41, 5.74) is 2.38.